The number of ether oxygens (including phenoxy) is 1. The fourth-order valence-electron chi connectivity index (χ4n) is 2.73. The molecule has 11 nitrogen and oxygen atoms in total. The molecule has 3 rings (SSSR count). The van der Waals surface area contributed by atoms with Gasteiger partial charge in [-0.2, -0.15) is 4.98 Å². The molecular formula is C19H23BrN5O6P. The number of rotatable bonds is 12. The Kier molecular flexibility index (Phi) is 8.32. The molecule has 172 valence electrons. The van der Waals surface area contributed by atoms with Gasteiger partial charge in [-0.05, 0) is 24.6 Å². The van der Waals surface area contributed by atoms with Gasteiger partial charge in [0, 0.05) is 11.0 Å². The fourth-order valence-corrected chi connectivity index (χ4v) is 4.59. The Morgan fingerprint density at radius 1 is 1.31 bits per heavy atom. The standard InChI is InChI=1S/C19H23BrN5O6P/c1-13(26)10-30-32(28,31-11-14-3-2-4-15(20)9-14)8-7-29-6-5-25-12-22-16-17(25)23-19(21)24-18(16)27/h2-4,9,12H,5-8,10-11H2,1H3,(H3,21,23,24,27). The molecule has 0 spiro atoms. The predicted molar refractivity (Wildman–Crippen MR) is 121 cm³/mol. The van der Waals surface area contributed by atoms with Crippen molar-refractivity contribution < 1.29 is 23.1 Å². The Morgan fingerprint density at radius 3 is 2.88 bits per heavy atom. The lowest BCUT2D eigenvalue weighted by Crippen LogP contribution is -2.14. The van der Waals surface area contributed by atoms with Gasteiger partial charge in [-0.15, -0.1) is 0 Å². The molecule has 0 aliphatic rings. The van der Waals surface area contributed by atoms with Crippen LogP contribution in [0.4, 0.5) is 5.95 Å². The van der Waals surface area contributed by atoms with Crippen LogP contribution in [0.3, 0.4) is 0 Å². The zero-order valence-corrected chi connectivity index (χ0v) is 19.8. The van der Waals surface area contributed by atoms with Crippen molar-refractivity contribution in [2.24, 2.45) is 0 Å². The molecule has 1 aromatic carbocycles. The van der Waals surface area contributed by atoms with Crippen LogP contribution in [0, 0.1) is 0 Å². The van der Waals surface area contributed by atoms with E-state index in [1.165, 1.54) is 13.3 Å². The molecule has 0 saturated heterocycles. The number of nitrogens with two attached hydrogens (primary N) is 1. The van der Waals surface area contributed by atoms with Crippen molar-refractivity contribution in [2.75, 3.05) is 31.7 Å². The minimum atomic E-state index is -3.56. The highest BCUT2D eigenvalue weighted by Gasteiger charge is 2.25. The molecule has 0 aliphatic heterocycles. The maximum Gasteiger partial charge on any atom is 0.333 e. The van der Waals surface area contributed by atoms with Crippen LogP contribution < -0.4 is 11.3 Å². The SMILES string of the molecule is CC(=O)COP(=O)(CCOCCn1cnc2c(=O)[nH]c(N)nc21)OCc1cccc(Br)c1. The second-order valence-corrected chi connectivity index (χ2v) is 9.99. The number of halogens is 1. The van der Waals surface area contributed by atoms with Crippen LogP contribution in [0.1, 0.15) is 12.5 Å². The van der Waals surface area contributed by atoms with E-state index in [4.69, 9.17) is 19.5 Å². The summed E-state index contributed by atoms with van der Waals surface area (Å²) in [6.45, 7) is 1.77. The Bertz CT molecular complexity index is 1200. The van der Waals surface area contributed by atoms with E-state index in [9.17, 15) is 14.2 Å². The van der Waals surface area contributed by atoms with E-state index in [0.717, 1.165) is 10.0 Å². The van der Waals surface area contributed by atoms with Gasteiger partial charge in [-0.1, -0.05) is 28.1 Å². The topological polar surface area (TPSA) is 151 Å². The molecule has 1 atom stereocenters. The number of imidazole rings is 1. The van der Waals surface area contributed by atoms with Crippen LogP contribution in [0.5, 0.6) is 0 Å². The number of H-pyrrole nitrogens is 1. The maximum atomic E-state index is 13.1. The largest absolute Gasteiger partial charge is 0.379 e. The Labute approximate surface area is 192 Å². The number of nitrogens with zero attached hydrogens (tertiary/aromatic N) is 3. The first kappa shape index (κ1) is 24.3. The minimum Gasteiger partial charge on any atom is -0.379 e. The zero-order chi connectivity index (χ0) is 23.1. The highest BCUT2D eigenvalue weighted by molar-refractivity contribution is 9.10. The van der Waals surface area contributed by atoms with Crippen LogP contribution in [0.2, 0.25) is 0 Å². The molecule has 0 saturated carbocycles. The summed E-state index contributed by atoms with van der Waals surface area (Å²) in [6.07, 6.45) is 1.45. The molecule has 0 bridgehead atoms. The fraction of sp³-hybridized carbons (Fsp3) is 0.368. The molecule has 3 aromatic rings. The number of carbonyl (C=O) groups is 1. The third kappa shape index (κ3) is 6.81. The average Bonchev–Trinajstić information content (AvgIpc) is 3.14. The van der Waals surface area contributed by atoms with Crippen LogP contribution >= 0.6 is 23.5 Å². The van der Waals surface area contributed by atoms with E-state index in [1.54, 1.807) is 4.57 Å². The van der Waals surface area contributed by atoms with E-state index in [2.05, 4.69) is 30.9 Å². The number of anilines is 1. The first-order chi connectivity index (χ1) is 15.3. The quantitative estimate of drug-likeness (QED) is 0.267. The lowest BCUT2D eigenvalue weighted by atomic mass is 10.2. The van der Waals surface area contributed by atoms with Gasteiger partial charge >= 0.3 is 7.60 Å². The summed E-state index contributed by atoms with van der Waals surface area (Å²) in [6, 6.07) is 7.38. The van der Waals surface area contributed by atoms with Gasteiger partial charge in [-0.25, -0.2) is 4.98 Å². The van der Waals surface area contributed by atoms with E-state index in [0.29, 0.717) is 12.2 Å². The number of nitrogens with one attached hydrogen (secondary N) is 1. The number of fused-ring (bicyclic) bond motifs is 1. The second kappa shape index (κ2) is 11.0. The van der Waals surface area contributed by atoms with Crippen LogP contribution in [0.15, 0.2) is 39.9 Å². The van der Waals surface area contributed by atoms with Gasteiger partial charge in [0.2, 0.25) is 5.95 Å². The number of nitrogen functional groups attached to an aromatic ring is 1. The lowest BCUT2D eigenvalue weighted by Gasteiger charge is -2.18. The normalized spacial score (nSPS) is 13.3. The van der Waals surface area contributed by atoms with Crippen LogP contribution in [-0.4, -0.2) is 51.3 Å². The van der Waals surface area contributed by atoms with E-state index < -0.39 is 13.2 Å². The summed E-state index contributed by atoms with van der Waals surface area (Å²) in [5, 5.41) is 0. The highest BCUT2D eigenvalue weighted by Crippen LogP contribution is 2.48. The van der Waals surface area contributed by atoms with Gasteiger partial charge in [0.05, 0.1) is 32.3 Å². The zero-order valence-electron chi connectivity index (χ0n) is 17.3. The van der Waals surface area contributed by atoms with Gasteiger partial charge in [0.15, 0.2) is 16.9 Å². The number of aromatic amines is 1. The molecule has 0 amide bonds. The number of carbonyl (C=O) groups excluding carboxylic acids is 1. The monoisotopic (exact) mass is 527 g/mol. The van der Waals surface area contributed by atoms with Crippen molar-refractivity contribution in [2.45, 2.75) is 20.1 Å². The molecule has 2 heterocycles. The molecule has 2 aromatic heterocycles. The molecule has 0 aliphatic carbocycles. The van der Waals surface area contributed by atoms with Crippen molar-refractivity contribution >= 4 is 46.4 Å². The smallest absolute Gasteiger partial charge is 0.333 e. The third-order valence-corrected chi connectivity index (χ3v) is 6.53. The average molecular weight is 528 g/mol. The second-order valence-electron chi connectivity index (χ2n) is 6.89. The van der Waals surface area contributed by atoms with Gasteiger partial charge in [0.25, 0.3) is 5.56 Å². The molecule has 0 radical (unpaired) electrons. The molecule has 0 fully saturated rings. The Balaban J connectivity index is 1.53. The van der Waals surface area contributed by atoms with Crippen molar-refractivity contribution in [3.05, 3.63) is 51.0 Å². The summed E-state index contributed by atoms with van der Waals surface area (Å²) in [7, 11) is -3.56. The lowest BCUT2D eigenvalue weighted by molar-refractivity contribution is -0.119. The summed E-state index contributed by atoms with van der Waals surface area (Å²) in [5.74, 6) is -0.262. The van der Waals surface area contributed by atoms with Crippen LogP contribution in [0.25, 0.3) is 11.2 Å². The van der Waals surface area contributed by atoms with Crippen molar-refractivity contribution in [1.29, 1.82) is 0 Å². The number of hydrogen-bond donors (Lipinski definition) is 2. The number of benzene rings is 1. The summed E-state index contributed by atoms with van der Waals surface area (Å²) in [4.78, 5) is 33.6. The number of Topliss-reactive ketones (excluding diaryl/α,β-unsaturated/α-hetero) is 1. The Hall–Kier alpha value is -2.37. The summed E-state index contributed by atoms with van der Waals surface area (Å²) < 4.78 is 32.0. The summed E-state index contributed by atoms with van der Waals surface area (Å²) in [5.41, 5.74) is 6.50. The van der Waals surface area contributed by atoms with Crippen molar-refractivity contribution in [1.82, 2.24) is 19.5 Å². The van der Waals surface area contributed by atoms with Gasteiger partial charge in [0.1, 0.15) is 6.61 Å². The van der Waals surface area contributed by atoms with E-state index in [1.807, 2.05) is 24.3 Å². The Morgan fingerprint density at radius 2 is 2.12 bits per heavy atom. The first-order valence-corrected chi connectivity index (χ1v) is 12.2. The number of ketones is 1. The third-order valence-electron chi connectivity index (χ3n) is 4.26. The first-order valence-electron chi connectivity index (χ1n) is 9.66. The number of aromatic nitrogens is 4. The molecule has 1 unspecified atom stereocenters. The van der Waals surface area contributed by atoms with E-state index in [-0.39, 0.29) is 49.8 Å². The summed E-state index contributed by atoms with van der Waals surface area (Å²) >= 11 is 3.37. The molecule has 3 N–H and O–H groups in total. The maximum absolute atomic E-state index is 13.1. The number of hydrogen-bond acceptors (Lipinski definition) is 9. The van der Waals surface area contributed by atoms with E-state index >= 15 is 0 Å². The van der Waals surface area contributed by atoms with Crippen LogP contribution in [-0.2, 0) is 36.3 Å². The van der Waals surface area contributed by atoms with Crippen molar-refractivity contribution in [3.8, 4) is 0 Å². The minimum absolute atomic E-state index is 0.00341. The van der Waals surface area contributed by atoms with Crippen molar-refractivity contribution in [3.63, 3.8) is 0 Å². The van der Waals surface area contributed by atoms with Gasteiger partial charge < -0.3 is 24.1 Å². The predicted octanol–water partition coefficient (Wildman–Crippen LogP) is 2.50. The molecule has 32 heavy (non-hydrogen) atoms. The molecular weight excluding hydrogens is 505 g/mol. The van der Waals surface area contributed by atoms with Gasteiger partial charge in [-0.3, -0.25) is 19.1 Å². The molecule has 13 heteroatoms. The highest BCUT2D eigenvalue weighted by atomic mass is 79.9.